The Kier molecular flexibility index (Phi) is 5.92. The minimum absolute atomic E-state index is 0.0739. The number of ether oxygens (including phenoxy) is 5. The molecule has 1 fully saturated rings. The minimum Gasteiger partial charge on any atom is -0.493 e. The topological polar surface area (TPSA) is 89.5 Å². The fourth-order valence-electron chi connectivity index (χ4n) is 2.54. The van der Waals surface area contributed by atoms with Crippen LogP contribution < -0.4 is 14.2 Å². The van der Waals surface area contributed by atoms with Gasteiger partial charge in [0.15, 0.2) is 17.3 Å². The van der Waals surface area contributed by atoms with Gasteiger partial charge < -0.3 is 23.7 Å². The summed E-state index contributed by atoms with van der Waals surface area (Å²) in [6.07, 6.45) is 1.19. The summed E-state index contributed by atoms with van der Waals surface area (Å²) >= 11 is 0. The monoisotopic (exact) mass is 362 g/mol. The Labute approximate surface area is 141 Å². The summed E-state index contributed by atoms with van der Waals surface area (Å²) in [5.74, 6) is 0.227. The van der Waals surface area contributed by atoms with E-state index in [2.05, 4.69) is 0 Å². The first-order valence-electron chi connectivity index (χ1n) is 7.28. The van der Waals surface area contributed by atoms with Gasteiger partial charge in [0.05, 0.1) is 47.4 Å². The van der Waals surface area contributed by atoms with Crippen LogP contribution in [0.1, 0.15) is 12.0 Å². The summed E-state index contributed by atoms with van der Waals surface area (Å²) in [4.78, 5) is 0. The van der Waals surface area contributed by atoms with Gasteiger partial charge in [-0.3, -0.25) is 4.18 Å². The molecule has 0 saturated carbocycles. The van der Waals surface area contributed by atoms with Crippen LogP contribution in [0, 0.1) is 0 Å². The van der Waals surface area contributed by atoms with Crippen molar-refractivity contribution in [2.75, 3.05) is 47.4 Å². The summed E-state index contributed by atoms with van der Waals surface area (Å²) in [6, 6.07) is 3.43. The summed E-state index contributed by atoms with van der Waals surface area (Å²) in [5.41, 5.74) is 0.631. The second-order valence-corrected chi connectivity index (χ2v) is 6.78. The Morgan fingerprint density at radius 3 is 2.00 bits per heavy atom. The SMILES string of the molecule is COc1cc(C2(CCOS(C)(=O)=O)OCCO2)cc(OC)c1OC. The fourth-order valence-corrected chi connectivity index (χ4v) is 2.92. The summed E-state index contributed by atoms with van der Waals surface area (Å²) in [6.45, 7) is 0.695. The van der Waals surface area contributed by atoms with Crippen LogP contribution in [0.2, 0.25) is 0 Å². The van der Waals surface area contributed by atoms with Crippen molar-refractivity contribution in [3.05, 3.63) is 17.7 Å². The van der Waals surface area contributed by atoms with Gasteiger partial charge in [-0.05, 0) is 12.1 Å². The van der Waals surface area contributed by atoms with Gasteiger partial charge >= 0.3 is 0 Å². The predicted molar refractivity (Wildman–Crippen MR) is 85.1 cm³/mol. The highest BCUT2D eigenvalue weighted by atomic mass is 32.2. The van der Waals surface area contributed by atoms with Crippen LogP contribution in [0.4, 0.5) is 0 Å². The zero-order chi connectivity index (χ0) is 17.8. The second kappa shape index (κ2) is 7.56. The largest absolute Gasteiger partial charge is 0.493 e. The molecule has 24 heavy (non-hydrogen) atoms. The molecule has 0 radical (unpaired) electrons. The lowest BCUT2D eigenvalue weighted by Crippen LogP contribution is -2.29. The lowest BCUT2D eigenvalue weighted by molar-refractivity contribution is -0.174. The quantitative estimate of drug-likeness (QED) is 0.639. The number of methoxy groups -OCH3 is 3. The van der Waals surface area contributed by atoms with Crippen LogP contribution in [0.5, 0.6) is 17.2 Å². The second-order valence-electron chi connectivity index (χ2n) is 5.14. The zero-order valence-electron chi connectivity index (χ0n) is 14.2. The van der Waals surface area contributed by atoms with Crippen molar-refractivity contribution < 1.29 is 36.3 Å². The van der Waals surface area contributed by atoms with Gasteiger partial charge in [-0.1, -0.05) is 0 Å². The molecule has 9 heteroatoms. The third-order valence-corrected chi connectivity index (χ3v) is 4.18. The van der Waals surface area contributed by atoms with E-state index in [1.54, 1.807) is 12.1 Å². The molecule has 0 bridgehead atoms. The van der Waals surface area contributed by atoms with E-state index in [-0.39, 0.29) is 13.0 Å². The normalized spacial score (nSPS) is 16.8. The molecule has 0 amide bonds. The summed E-state index contributed by atoms with van der Waals surface area (Å²) in [5, 5.41) is 0. The first-order valence-corrected chi connectivity index (χ1v) is 9.09. The molecule has 2 rings (SSSR count). The molecule has 1 aromatic rings. The van der Waals surface area contributed by atoms with E-state index in [0.29, 0.717) is 36.0 Å². The molecule has 0 unspecified atom stereocenters. The Morgan fingerprint density at radius 1 is 1.04 bits per heavy atom. The van der Waals surface area contributed by atoms with Crippen LogP contribution in [0.3, 0.4) is 0 Å². The number of hydrogen-bond donors (Lipinski definition) is 0. The highest BCUT2D eigenvalue weighted by Gasteiger charge is 2.40. The predicted octanol–water partition coefficient (Wildman–Crippen LogP) is 1.28. The van der Waals surface area contributed by atoms with E-state index in [4.69, 9.17) is 27.9 Å². The van der Waals surface area contributed by atoms with Crippen molar-refractivity contribution >= 4 is 10.1 Å². The average molecular weight is 362 g/mol. The van der Waals surface area contributed by atoms with E-state index < -0.39 is 15.9 Å². The van der Waals surface area contributed by atoms with Gasteiger partial charge in [-0.2, -0.15) is 8.42 Å². The van der Waals surface area contributed by atoms with Crippen molar-refractivity contribution in [3.8, 4) is 17.2 Å². The maximum absolute atomic E-state index is 11.2. The first kappa shape index (κ1) is 18.8. The molecule has 0 atom stereocenters. The molecule has 1 heterocycles. The van der Waals surface area contributed by atoms with E-state index in [9.17, 15) is 8.42 Å². The Hall–Kier alpha value is -1.55. The van der Waals surface area contributed by atoms with Crippen molar-refractivity contribution in [2.45, 2.75) is 12.2 Å². The van der Waals surface area contributed by atoms with Gasteiger partial charge in [0.1, 0.15) is 0 Å². The molecular formula is C15H22O8S. The lowest BCUT2D eigenvalue weighted by Gasteiger charge is -2.28. The zero-order valence-corrected chi connectivity index (χ0v) is 15.0. The van der Waals surface area contributed by atoms with Crippen LogP contribution in [-0.4, -0.2) is 55.8 Å². The highest BCUT2D eigenvalue weighted by Crippen LogP contribution is 2.44. The van der Waals surface area contributed by atoms with Crippen molar-refractivity contribution in [1.29, 1.82) is 0 Å². The maximum atomic E-state index is 11.2. The third kappa shape index (κ3) is 4.10. The third-order valence-electron chi connectivity index (χ3n) is 3.59. The van der Waals surface area contributed by atoms with E-state index in [1.165, 1.54) is 21.3 Å². The van der Waals surface area contributed by atoms with Crippen LogP contribution >= 0.6 is 0 Å². The van der Waals surface area contributed by atoms with Gasteiger partial charge in [0.25, 0.3) is 10.1 Å². The summed E-state index contributed by atoms with van der Waals surface area (Å²) in [7, 11) is 0.992. The molecule has 0 aliphatic carbocycles. The maximum Gasteiger partial charge on any atom is 0.264 e. The van der Waals surface area contributed by atoms with Gasteiger partial charge in [-0.25, -0.2) is 0 Å². The smallest absolute Gasteiger partial charge is 0.264 e. The Balaban J connectivity index is 2.36. The van der Waals surface area contributed by atoms with E-state index >= 15 is 0 Å². The van der Waals surface area contributed by atoms with Crippen molar-refractivity contribution in [3.63, 3.8) is 0 Å². The first-order chi connectivity index (χ1) is 11.3. The Morgan fingerprint density at radius 2 is 1.58 bits per heavy atom. The molecule has 136 valence electrons. The molecule has 1 aromatic carbocycles. The fraction of sp³-hybridized carbons (Fsp3) is 0.600. The van der Waals surface area contributed by atoms with Crippen LogP contribution in [0.15, 0.2) is 12.1 Å². The summed E-state index contributed by atoms with van der Waals surface area (Å²) < 4.78 is 54.7. The number of rotatable bonds is 8. The highest BCUT2D eigenvalue weighted by molar-refractivity contribution is 7.85. The van der Waals surface area contributed by atoms with Crippen LogP contribution in [0.25, 0.3) is 0 Å². The molecule has 8 nitrogen and oxygen atoms in total. The molecule has 1 saturated heterocycles. The average Bonchev–Trinajstić information content (AvgIpc) is 3.02. The molecular weight excluding hydrogens is 340 g/mol. The molecule has 1 aliphatic rings. The van der Waals surface area contributed by atoms with E-state index in [1.807, 2.05) is 0 Å². The molecule has 1 aliphatic heterocycles. The molecule has 0 N–H and O–H groups in total. The van der Waals surface area contributed by atoms with Crippen molar-refractivity contribution in [1.82, 2.24) is 0 Å². The van der Waals surface area contributed by atoms with Gasteiger partial charge in [0.2, 0.25) is 5.75 Å². The van der Waals surface area contributed by atoms with Crippen LogP contribution in [-0.2, 0) is 29.6 Å². The molecule has 0 spiro atoms. The Bertz CT molecular complexity index is 639. The lowest BCUT2D eigenvalue weighted by atomic mass is 10.0. The van der Waals surface area contributed by atoms with Gasteiger partial charge in [-0.15, -0.1) is 0 Å². The standard InChI is InChI=1S/C15H22O8S/c1-18-12-9-11(10-13(19-2)14(12)20-3)15(21-7-8-22-15)5-6-23-24(4,16)17/h9-10H,5-8H2,1-4H3. The van der Waals surface area contributed by atoms with Crippen molar-refractivity contribution in [2.24, 2.45) is 0 Å². The number of hydrogen-bond acceptors (Lipinski definition) is 8. The van der Waals surface area contributed by atoms with E-state index in [0.717, 1.165) is 6.26 Å². The number of benzene rings is 1. The molecule has 0 aromatic heterocycles. The minimum atomic E-state index is -3.54. The van der Waals surface area contributed by atoms with Gasteiger partial charge in [0, 0.05) is 12.0 Å².